The number of nitrogens with zero attached hydrogens (tertiary/aromatic N) is 1. The van der Waals surface area contributed by atoms with Gasteiger partial charge in [-0.05, 0) is 44.5 Å². The number of urea groups is 1. The second-order valence-electron chi connectivity index (χ2n) is 6.66. The maximum Gasteiger partial charge on any atom is 0.319 e. The van der Waals surface area contributed by atoms with E-state index in [1.165, 1.54) is 0 Å². The van der Waals surface area contributed by atoms with Crippen LogP contribution in [0.3, 0.4) is 0 Å². The number of carbonyl (C=O) groups excluding carboxylic acids is 2. The molecule has 1 saturated heterocycles. The molecule has 1 unspecified atom stereocenters. The predicted molar refractivity (Wildman–Crippen MR) is 100 cm³/mol. The van der Waals surface area contributed by atoms with E-state index in [2.05, 4.69) is 10.6 Å². The Morgan fingerprint density at radius 1 is 1.04 bits per heavy atom. The van der Waals surface area contributed by atoms with Crippen LogP contribution in [0.2, 0.25) is 0 Å². The van der Waals surface area contributed by atoms with Crippen LogP contribution >= 0.6 is 0 Å². The summed E-state index contributed by atoms with van der Waals surface area (Å²) in [6.07, 6.45) is 0.314. The first-order valence-electron chi connectivity index (χ1n) is 8.44. The van der Waals surface area contributed by atoms with Crippen molar-refractivity contribution in [1.82, 2.24) is 5.32 Å². The lowest BCUT2D eigenvalue weighted by Gasteiger charge is -2.18. The van der Waals surface area contributed by atoms with Gasteiger partial charge in [-0.2, -0.15) is 0 Å². The van der Waals surface area contributed by atoms with Crippen LogP contribution in [0.1, 0.15) is 23.1 Å². The molecular formula is C20H23N3O2. The number of benzene rings is 2. The first-order chi connectivity index (χ1) is 11.9. The summed E-state index contributed by atoms with van der Waals surface area (Å²) in [5.41, 5.74) is 4.97. The maximum atomic E-state index is 12.3. The highest BCUT2D eigenvalue weighted by Gasteiger charge is 2.31. The molecule has 0 aliphatic carbocycles. The third kappa shape index (κ3) is 3.99. The summed E-state index contributed by atoms with van der Waals surface area (Å²) in [4.78, 5) is 26.2. The molecule has 3 amide bonds. The second-order valence-corrected chi connectivity index (χ2v) is 6.66. The summed E-state index contributed by atoms with van der Waals surface area (Å²) in [6.45, 7) is 6.47. The molecule has 2 N–H and O–H groups in total. The standard InChI is InChI=1S/C20H23N3O2/c1-13-4-7-17(8-5-13)23-12-16(11-19(23)24)21-20(25)22-18-9-6-14(2)10-15(18)3/h4-10,16H,11-12H2,1-3H3,(H2,21,22,25). The quantitative estimate of drug-likeness (QED) is 0.900. The van der Waals surface area contributed by atoms with Gasteiger partial charge in [-0.15, -0.1) is 0 Å². The Morgan fingerprint density at radius 3 is 2.40 bits per heavy atom. The highest BCUT2D eigenvalue weighted by atomic mass is 16.2. The van der Waals surface area contributed by atoms with E-state index < -0.39 is 0 Å². The lowest BCUT2D eigenvalue weighted by Crippen LogP contribution is -2.39. The van der Waals surface area contributed by atoms with Gasteiger partial charge >= 0.3 is 6.03 Å². The summed E-state index contributed by atoms with van der Waals surface area (Å²) < 4.78 is 0. The Labute approximate surface area is 148 Å². The van der Waals surface area contributed by atoms with Gasteiger partial charge in [-0.1, -0.05) is 35.4 Å². The molecule has 130 valence electrons. The Hall–Kier alpha value is -2.82. The second kappa shape index (κ2) is 6.97. The zero-order valence-electron chi connectivity index (χ0n) is 14.8. The molecule has 1 heterocycles. The molecule has 5 heteroatoms. The zero-order valence-corrected chi connectivity index (χ0v) is 14.8. The van der Waals surface area contributed by atoms with Gasteiger partial charge in [-0.3, -0.25) is 4.79 Å². The number of nitrogens with one attached hydrogen (secondary N) is 2. The fourth-order valence-electron chi connectivity index (χ4n) is 3.08. The molecule has 3 rings (SSSR count). The Kier molecular flexibility index (Phi) is 4.74. The molecule has 1 atom stereocenters. The van der Waals surface area contributed by atoms with Crippen molar-refractivity contribution >= 4 is 23.3 Å². The van der Waals surface area contributed by atoms with Gasteiger partial charge in [0.05, 0.1) is 6.04 Å². The van der Waals surface area contributed by atoms with Gasteiger partial charge in [-0.25, -0.2) is 4.79 Å². The van der Waals surface area contributed by atoms with Gasteiger partial charge in [0.2, 0.25) is 5.91 Å². The molecular weight excluding hydrogens is 314 g/mol. The lowest BCUT2D eigenvalue weighted by atomic mass is 10.1. The summed E-state index contributed by atoms with van der Waals surface area (Å²) >= 11 is 0. The maximum absolute atomic E-state index is 12.3. The van der Waals surface area contributed by atoms with Gasteiger partial charge in [0.25, 0.3) is 0 Å². The SMILES string of the molecule is Cc1ccc(N2CC(NC(=O)Nc3ccc(C)cc3C)CC2=O)cc1. The molecule has 2 aromatic rings. The van der Waals surface area contributed by atoms with E-state index in [1.807, 2.05) is 63.2 Å². The minimum absolute atomic E-state index is 0.0284. The highest BCUT2D eigenvalue weighted by Crippen LogP contribution is 2.22. The molecule has 0 aromatic heterocycles. The van der Waals surface area contributed by atoms with E-state index in [0.717, 1.165) is 28.1 Å². The van der Waals surface area contributed by atoms with E-state index in [1.54, 1.807) is 4.90 Å². The number of rotatable bonds is 3. The average molecular weight is 337 g/mol. The number of hydrogen-bond donors (Lipinski definition) is 2. The van der Waals surface area contributed by atoms with Crippen LogP contribution in [0.15, 0.2) is 42.5 Å². The topological polar surface area (TPSA) is 61.4 Å². The fraction of sp³-hybridized carbons (Fsp3) is 0.300. The molecule has 1 aliphatic rings. The summed E-state index contributed by atoms with van der Waals surface area (Å²) in [7, 11) is 0. The van der Waals surface area contributed by atoms with Crippen LogP contribution in [-0.4, -0.2) is 24.5 Å². The van der Waals surface area contributed by atoms with Crippen LogP contribution in [-0.2, 0) is 4.79 Å². The number of anilines is 2. The smallest absolute Gasteiger partial charge is 0.319 e. The van der Waals surface area contributed by atoms with Crippen molar-refractivity contribution in [3.63, 3.8) is 0 Å². The molecule has 25 heavy (non-hydrogen) atoms. The first kappa shape index (κ1) is 17.0. The molecule has 5 nitrogen and oxygen atoms in total. The Balaban J connectivity index is 1.61. The summed E-state index contributed by atoms with van der Waals surface area (Å²) in [5, 5.41) is 5.76. The van der Waals surface area contributed by atoms with Crippen LogP contribution < -0.4 is 15.5 Å². The van der Waals surface area contributed by atoms with E-state index in [4.69, 9.17) is 0 Å². The molecule has 0 bridgehead atoms. The van der Waals surface area contributed by atoms with Gasteiger partial charge in [0, 0.05) is 24.3 Å². The molecule has 1 aliphatic heterocycles. The molecule has 1 fully saturated rings. The van der Waals surface area contributed by atoms with Gasteiger partial charge < -0.3 is 15.5 Å². The van der Waals surface area contributed by atoms with E-state index >= 15 is 0 Å². The molecule has 2 aromatic carbocycles. The summed E-state index contributed by atoms with van der Waals surface area (Å²) in [5.74, 6) is 0.0284. The number of carbonyl (C=O) groups is 2. The molecule has 0 radical (unpaired) electrons. The monoisotopic (exact) mass is 337 g/mol. The van der Waals surface area contributed by atoms with Crippen molar-refractivity contribution in [2.45, 2.75) is 33.2 Å². The summed E-state index contributed by atoms with van der Waals surface area (Å²) in [6, 6.07) is 13.2. The third-order valence-corrected chi connectivity index (χ3v) is 4.44. The first-order valence-corrected chi connectivity index (χ1v) is 8.44. The van der Waals surface area contributed by atoms with Crippen molar-refractivity contribution < 1.29 is 9.59 Å². The van der Waals surface area contributed by atoms with E-state index in [9.17, 15) is 9.59 Å². The average Bonchev–Trinajstić information content (AvgIpc) is 2.91. The largest absolute Gasteiger partial charge is 0.333 e. The van der Waals surface area contributed by atoms with Crippen LogP contribution in [0, 0.1) is 20.8 Å². The Morgan fingerprint density at radius 2 is 1.72 bits per heavy atom. The van der Waals surface area contributed by atoms with Crippen LogP contribution in [0.4, 0.5) is 16.2 Å². The number of hydrogen-bond acceptors (Lipinski definition) is 2. The van der Waals surface area contributed by atoms with Crippen molar-refractivity contribution in [3.05, 3.63) is 59.2 Å². The van der Waals surface area contributed by atoms with Crippen molar-refractivity contribution in [2.75, 3.05) is 16.8 Å². The fourth-order valence-corrected chi connectivity index (χ4v) is 3.08. The lowest BCUT2D eigenvalue weighted by molar-refractivity contribution is -0.117. The van der Waals surface area contributed by atoms with Gasteiger partial charge in [0.15, 0.2) is 0 Å². The number of aryl methyl sites for hydroxylation is 3. The van der Waals surface area contributed by atoms with E-state index in [-0.39, 0.29) is 18.0 Å². The minimum atomic E-state index is -0.282. The minimum Gasteiger partial charge on any atom is -0.333 e. The van der Waals surface area contributed by atoms with Crippen molar-refractivity contribution in [1.29, 1.82) is 0 Å². The number of amides is 3. The highest BCUT2D eigenvalue weighted by molar-refractivity contribution is 5.97. The normalized spacial score (nSPS) is 16.8. The third-order valence-electron chi connectivity index (χ3n) is 4.44. The van der Waals surface area contributed by atoms with Crippen molar-refractivity contribution in [2.24, 2.45) is 0 Å². The van der Waals surface area contributed by atoms with Gasteiger partial charge in [0.1, 0.15) is 0 Å². The van der Waals surface area contributed by atoms with Crippen LogP contribution in [0.25, 0.3) is 0 Å². The van der Waals surface area contributed by atoms with Crippen LogP contribution in [0.5, 0.6) is 0 Å². The van der Waals surface area contributed by atoms with Crippen molar-refractivity contribution in [3.8, 4) is 0 Å². The molecule has 0 spiro atoms. The molecule has 0 saturated carbocycles. The predicted octanol–water partition coefficient (Wildman–Crippen LogP) is 3.54. The Bertz CT molecular complexity index is 799. The zero-order chi connectivity index (χ0) is 18.0. The van der Waals surface area contributed by atoms with E-state index in [0.29, 0.717) is 13.0 Å².